The molecule has 92 valence electrons. The Kier molecular flexibility index (Phi) is 3.62. The Morgan fingerprint density at radius 2 is 2.11 bits per heavy atom. The van der Waals surface area contributed by atoms with Crippen molar-refractivity contribution in [1.29, 1.82) is 0 Å². The molecule has 0 unspecified atom stereocenters. The lowest BCUT2D eigenvalue weighted by atomic mass is 10.1. The molecule has 0 radical (unpaired) electrons. The highest BCUT2D eigenvalue weighted by Crippen LogP contribution is 2.12. The van der Waals surface area contributed by atoms with Crippen molar-refractivity contribution >= 4 is 5.78 Å². The SMILES string of the molecule is COc1cc(CC(=O)c2ccccc2F)ncn1. The molecule has 0 spiro atoms. The summed E-state index contributed by atoms with van der Waals surface area (Å²) in [5, 5.41) is 0. The highest BCUT2D eigenvalue weighted by atomic mass is 19.1. The highest BCUT2D eigenvalue weighted by Gasteiger charge is 2.12. The predicted octanol–water partition coefficient (Wildman–Crippen LogP) is 2.05. The van der Waals surface area contributed by atoms with Gasteiger partial charge in [-0.05, 0) is 12.1 Å². The fourth-order valence-corrected chi connectivity index (χ4v) is 1.53. The van der Waals surface area contributed by atoms with E-state index in [1.165, 1.54) is 25.6 Å². The van der Waals surface area contributed by atoms with E-state index in [0.29, 0.717) is 11.6 Å². The van der Waals surface area contributed by atoms with Crippen molar-refractivity contribution in [3.05, 3.63) is 53.7 Å². The number of carbonyl (C=O) groups is 1. The maximum atomic E-state index is 13.4. The second kappa shape index (κ2) is 5.35. The Morgan fingerprint density at radius 3 is 2.83 bits per heavy atom. The first-order valence-electron chi connectivity index (χ1n) is 5.33. The summed E-state index contributed by atoms with van der Waals surface area (Å²) < 4.78 is 18.3. The Bertz CT molecular complexity index is 572. The predicted molar refractivity (Wildman–Crippen MR) is 63.0 cm³/mol. The summed E-state index contributed by atoms with van der Waals surface area (Å²) in [6, 6.07) is 7.43. The lowest BCUT2D eigenvalue weighted by Crippen LogP contribution is -2.07. The topological polar surface area (TPSA) is 52.1 Å². The molecule has 1 aromatic heterocycles. The smallest absolute Gasteiger partial charge is 0.216 e. The Hall–Kier alpha value is -2.30. The van der Waals surface area contributed by atoms with E-state index in [1.807, 2.05) is 0 Å². The minimum atomic E-state index is -0.525. The molecular weight excluding hydrogens is 235 g/mol. The van der Waals surface area contributed by atoms with Crippen LogP contribution in [0.15, 0.2) is 36.7 Å². The maximum absolute atomic E-state index is 13.4. The van der Waals surface area contributed by atoms with Crippen LogP contribution in [0.3, 0.4) is 0 Å². The third kappa shape index (κ3) is 2.68. The van der Waals surface area contributed by atoms with Crippen molar-refractivity contribution in [3.63, 3.8) is 0 Å². The maximum Gasteiger partial charge on any atom is 0.216 e. The molecule has 4 nitrogen and oxygen atoms in total. The van der Waals surface area contributed by atoms with E-state index in [1.54, 1.807) is 18.2 Å². The molecule has 0 amide bonds. The summed E-state index contributed by atoms with van der Waals surface area (Å²) in [5.41, 5.74) is 0.560. The van der Waals surface area contributed by atoms with Crippen LogP contribution in [0.5, 0.6) is 5.88 Å². The van der Waals surface area contributed by atoms with Gasteiger partial charge in [0.1, 0.15) is 12.1 Å². The molecule has 0 atom stereocenters. The minimum Gasteiger partial charge on any atom is -0.481 e. The van der Waals surface area contributed by atoms with Crippen LogP contribution in [0.2, 0.25) is 0 Å². The number of ketones is 1. The number of hydrogen-bond donors (Lipinski definition) is 0. The minimum absolute atomic E-state index is 0.0137. The second-order valence-corrected chi connectivity index (χ2v) is 3.63. The summed E-state index contributed by atoms with van der Waals surface area (Å²) in [7, 11) is 1.48. The number of Topliss-reactive ketones (excluding diaryl/α,β-unsaturated/α-hetero) is 1. The molecule has 0 aliphatic carbocycles. The third-order valence-corrected chi connectivity index (χ3v) is 2.42. The third-order valence-electron chi connectivity index (χ3n) is 2.42. The van der Waals surface area contributed by atoms with Crippen LogP contribution in [0.25, 0.3) is 0 Å². The first-order valence-corrected chi connectivity index (χ1v) is 5.33. The van der Waals surface area contributed by atoms with Crippen LogP contribution in [-0.4, -0.2) is 22.9 Å². The van der Waals surface area contributed by atoms with E-state index < -0.39 is 5.82 Å². The van der Waals surface area contributed by atoms with Gasteiger partial charge >= 0.3 is 0 Å². The molecule has 18 heavy (non-hydrogen) atoms. The van der Waals surface area contributed by atoms with Crippen LogP contribution >= 0.6 is 0 Å². The van der Waals surface area contributed by atoms with Crippen molar-refractivity contribution in [2.45, 2.75) is 6.42 Å². The fraction of sp³-hybridized carbons (Fsp3) is 0.154. The van der Waals surface area contributed by atoms with Gasteiger partial charge in [0.2, 0.25) is 5.88 Å². The number of nitrogens with zero attached hydrogens (tertiary/aromatic N) is 2. The zero-order valence-electron chi connectivity index (χ0n) is 9.76. The van der Waals surface area contributed by atoms with Crippen molar-refractivity contribution in [1.82, 2.24) is 9.97 Å². The molecule has 0 saturated heterocycles. The average molecular weight is 246 g/mol. The average Bonchev–Trinajstić information content (AvgIpc) is 2.39. The van der Waals surface area contributed by atoms with Gasteiger partial charge in [-0.15, -0.1) is 0 Å². The Morgan fingerprint density at radius 1 is 1.33 bits per heavy atom. The molecule has 0 N–H and O–H groups in total. The summed E-state index contributed by atoms with van der Waals surface area (Å²) in [4.78, 5) is 19.7. The van der Waals surface area contributed by atoms with Gasteiger partial charge in [-0.2, -0.15) is 0 Å². The van der Waals surface area contributed by atoms with Crippen LogP contribution in [-0.2, 0) is 6.42 Å². The van der Waals surface area contributed by atoms with Gasteiger partial charge in [0, 0.05) is 6.07 Å². The van der Waals surface area contributed by atoms with Crippen LogP contribution in [0.4, 0.5) is 4.39 Å². The van der Waals surface area contributed by atoms with Gasteiger partial charge in [-0.1, -0.05) is 12.1 Å². The number of methoxy groups -OCH3 is 1. The molecule has 2 rings (SSSR count). The van der Waals surface area contributed by atoms with E-state index in [9.17, 15) is 9.18 Å². The first kappa shape index (κ1) is 12.2. The van der Waals surface area contributed by atoms with Gasteiger partial charge < -0.3 is 4.74 Å². The first-order chi connectivity index (χ1) is 8.70. The Balaban J connectivity index is 2.19. The number of rotatable bonds is 4. The molecule has 0 aliphatic heterocycles. The summed E-state index contributed by atoms with van der Waals surface area (Å²) in [5.74, 6) is -0.473. The zero-order chi connectivity index (χ0) is 13.0. The molecule has 2 aromatic rings. The monoisotopic (exact) mass is 246 g/mol. The largest absolute Gasteiger partial charge is 0.481 e. The molecule has 0 bridgehead atoms. The van der Waals surface area contributed by atoms with E-state index in [2.05, 4.69) is 9.97 Å². The van der Waals surface area contributed by atoms with E-state index in [0.717, 1.165) is 0 Å². The quantitative estimate of drug-likeness (QED) is 0.775. The number of aromatic nitrogens is 2. The van der Waals surface area contributed by atoms with E-state index in [-0.39, 0.29) is 17.8 Å². The van der Waals surface area contributed by atoms with Gasteiger partial charge in [0.05, 0.1) is 24.8 Å². The summed E-state index contributed by atoms with van der Waals surface area (Å²) >= 11 is 0. The number of benzene rings is 1. The molecule has 5 heteroatoms. The van der Waals surface area contributed by atoms with Crippen molar-refractivity contribution in [3.8, 4) is 5.88 Å². The van der Waals surface area contributed by atoms with Gasteiger partial charge in [-0.25, -0.2) is 14.4 Å². The van der Waals surface area contributed by atoms with Crippen LogP contribution < -0.4 is 4.74 Å². The normalized spacial score (nSPS) is 10.1. The Labute approximate surface area is 103 Å². The van der Waals surface area contributed by atoms with Crippen molar-refractivity contribution in [2.24, 2.45) is 0 Å². The zero-order valence-corrected chi connectivity index (χ0v) is 9.76. The number of halogens is 1. The second-order valence-electron chi connectivity index (χ2n) is 3.63. The fourth-order valence-electron chi connectivity index (χ4n) is 1.53. The number of ether oxygens (including phenoxy) is 1. The van der Waals surface area contributed by atoms with Gasteiger partial charge in [0.25, 0.3) is 0 Å². The summed E-state index contributed by atoms with van der Waals surface area (Å²) in [6.07, 6.45) is 1.32. The van der Waals surface area contributed by atoms with Crippen molar-refractivity contribution < 1.29 is 13.9 Å². The van der Waals surface area contributed by atoms with Crippen molar-refractivity contribution in [2.75, 3.05) is 7.11 Å². The van der Waals surface area contributed by atoms with Gasteiger partial charge in [0.15, 0.2) is 5.78 Å². The number of carbonyl (C=O) groups excluding carboxylic acids is 1. The molecule has 0 aliphatic rings. The molecule has 0 fully saturated rings. The summed E-state index contributed by atoms with van der Waals surface area (Å²) in [6.45, 7) is 0. The van der Waals surface area contributed by atoms with Gasteiger partial charge in [-0.3, -0.25) is 4.79 Å². The lowest BCUT2D eigenvalue weighted by Gasteiger charge is -2.03. The molecule has 0 saturated carbocycles. The van der Waals surface area contributed by atoms with E-state index >= 15 is 0 Å². The molecule has 1 heterocycles. The van der Waals surface area contributed by atoms with E-state index in [4.69, 9.17) is 4.74 Å². The number of hydrogen-bond acceptors (Lipinski definition) is 4. The van der Waals surface area contributed by atoms with Crippen LogP contribution in [0.1, 0.15) is 16.1 Å². The van der Waals surface area contributed by atoms with Crippen LogP contribution in [0, 0.1) is 5.82 Å². The molecule has 1 aromatic carbocycles. The standard InChI is InChI=1S/C13H11FN2O2/c1-18-13-7-9(15-8-16-13)6-12(17)10-4-2-3-5-11(10)14/h2-5,7-8H,6H2,1H3. The lowest BCUT2D eigenvalue weighted by molar-refractivity contribution is 0.0988. The highest BCUT2D eigenvalue weighted by molar-refractivity contribution is 5.97. The molecular formula is C13H11FN2O2.